The van der Waals surface area contributed by atoms with Gasteiger partial charge in [0.25, 0.3) is 5.91 Å². The number of esters is 1. The zero-order valence-corrected chi connectivity index (χ0v) is 15.5. The highest BCUT2D eigenvalue weighted by Crippen LogP contribution is 2.60. The molecule has 3 aromatic carbocycles. The van der Waals surface area contributed by atoms with Crippen LogP contribution in [0.2, 0.25) is 0 Å². The Balaban J connectivity index is 1.67. The van der Waals surface area contributed by atoms with Crippen LogP contribution >= 0.6 is 0 Å². The number of hydrogen-bond donors (Lipinski definition) is 0. The summed E-state index contributed by atoms with van der Waals surface area (Å²) in [7, 11) is 0. The summed E-state index contributed by atoms with van der Waals surface area (Å²) >= 11 is 0. The topological polar surface area (TPSA) is 46.6 Å². The van der Waals surface area contributed by atoms with Gasteiger partial charge in [-0.05, 0) is 24.1 Å². The molecular weight excluding hydrogens is 350 g/mol. The third-order valence-corrected chi connectivity index (χ3v) is 6.01. The maximum absolute atomic E-state index is 13.8. The second kappa shape index (κ2) is 5.80. The summed E-state index contributed by atoms with van der Waals surface area (Å²) in [4.78, 5) is 28.2. The van der Waals surface area contributed by atoms with Crippen LogP contribution in [0.4, 0.5) is 5.69 Å². The average Bonchev–Trinajstić information content (AvgIpc) is 2.99. The van der Waals surface area contributed by atoms with E-state index < -0.39 is 11.0 Å². The highest BCUT2D eigenvalue weighted by Gasteiger charge is 2.76. The van der Waals surface area contributed by atoms with Crippen molar-refractivity contribution in [2.45, 2.75) is 24.5 Å². The first-order chi connectivity index (χ1) is 13.6. The van der Waals surface area contributed by atoms with E-state index in [-0.39, 0.29) is 11.9 Å². The third kappa shape index (κ3) is 1.95. The van der Waals surface area contributed by atoms with Crippen LogP contribution in [-0.4, -0.2) is 11.9 Å². The number of amides is 1. The fourth-order valence-electron chi connectivity index (χ4n) is 4.46. The number of carbonyl (C=O) groups is 2. The van der Waals surface area contributed by atoms with Gasteiger partial charge in [0, 0.05) is 5.56 Å². The molecule has 2 atom stereocenters. The van der Waals surface area contributed by atoms with E-state index in [0.29, 0.717) is 6.54 Å². The lowest BCUT2D eigenvalue weighted by Gasteiger charge is -2.51. The van der Waals surface area contributed by atoms with Crippen molar-refractivity contribution < 1.29 is 14.3 Å². The number of ether oxygens (including phenoxy) is 1. The fraction of sp³-hybridized carbons (Fsp3) is 0.167. The minimum absolute atomic E-state index is 0.191. The molecule has 2 aliphatic heterocycles. The van der Waals surface area contributed by atoms with Crippen molar-refractivity contribution in [1.82, 2.24) is 0 Å². The molecule has 138 valence electrons. The Morgan fingerprint density at radius 2 is 1.43 bits per heavy atom. The minimum Gasteiger partial charge on any atom is -0.441 e. The quantitative estimate of drug-likeness (QED) is 0.657. The number of anilines is 1. The number of rotatable bonds is 3. The van der Waals surface area contributed by atoms with E-state index in [4.69, 9.17) is 4.74 Å². The molecular formula is C24H19NO3. The molecule has 1 fully saturated rings. The normalized spacial score (nSPS) is 25.4. The van der Waals surface area contributed by atoms with Gasteiger partial charge in [0.05, 0.1) is 12.2 Å². The number of carbonyl (C=O) groups excluding carboxylic acids is 2. The van der Waals surface area contributed by atoms with Crippen LogP contribution in [0.15, 0.2) is 84.9 Å². The van der Waals surface area contributed by atoms with Crippen LogP contribution in [-0.2, 0) is 31.9 Å². The Labute approximate surface area is 163 Å². The summed E-state index contributed by atoms with van der Waals surface area (Å²) in [5.74, 6) is -0.563. The lowest BCUT2D eigenvalue weighted by Crippen LogP contribution is -2.69. The van der Waals surface area contributed by atoms with Crippen molar-refractivity contribution in [3.8, 4) is 0 Å². The molecule has 0 aliphatic carbocycles. The van der Waals surface area contributed by atoms with Gasteiger partial charge in [-0.15, -0.1) is 0 Å². The summed E-state index contributed by atoms with van der Waals surface area (Å²) in [6.45, 7) is 2.25. The Morgan fingerprint density at radius 3 is 2.11 bits per heavy atom. The van der Waals surface area contributed by atoms with Gasteiger partial charge in [0.2, 0.25) is 5.60 Å². The van der Waals surface area contributed by atoms with Gasteiger partial charge in [-0.2, -0.15) is 0 Å². The van der Waals surface area contributed by atoms with Gasteiger partial charge in [0.1, 0.15) is 5.41 Å². The van der Waals surface area contributed by atoms with Gasteiger partial charge in [0.15, 0.2) is 0 Å². The molecule has 1 amide bonds. The molecule has 0 bridgehead atoms. The zero-order valence-electron chi connectivity index (χ0n) is 15.5. The second-order valence-electron chi connectivity index (χ2n) is 7.46. The van der Waals surface area contributed by atoms with Crippen LogP contribution in [0.25, 0.3) is 0 Å². The van der Waals surface area contributed by atoms with E-state index in [2.05, 4.69) is 0 Å². The van der Waals surface area contributed by atoms with Crippen molar-refractivity contribution in [2.24, 2.45) is 0 Å². The Bertz CT molecular complexity index is 1080. The zero-order chi connectivity index (χ0) is 19.4. The first kappa shape index (κ1) is 16.8. The van der Waals surface area contributed by atoms with Crippen LogP contribution in [0.3, 0.4) is 0 Å². The van der Waals surface area contributed by atoms with Gasteiger partial charge in [-0.1, -0.05) is 78.9 Å². The summed E-state index contributed by atoms with van der Waals surface area (Å²) in [5, 5.41) is 0. The molecule has 4 nitrogen and oxygen atoms in total. The highest BCUT2D eigenvalue weighted by molar-refractivity contribution is 6.15. The summed E-state index contributed by atoms with van der Waals surface area (Å²) in [6, 6.07) is 26.9. The number of hydrogen-bond acceptors (Lipinski definition) is 3. The molecule has 1 spiro atoms. The molecule has 0 N–H and O–H groups in total. The van der Waals surface area contributed by atoms with Crippen molar-refractivity contribution in [3.63, 3.8) is 0 Å². The molecule has 3 aromatic rings. The average molecular weight is 369 g/mol. The molecule has 4 heteroatoms. The Kier molecular flexibility index (Phi) is 3.47. The maximum Gasteiger partial charge on any atom is 0.322 e. The monoisotopic (exact) mass is 369 g/mol. The summed E-state index contributed by atoms with van der Waals surface area (Å²) in [5.41, 5.74) is 0.975. The number of nitrogens with zero attached hydrogens (tertiary/aromatic N) is 1. The first-order valence-corrected chi connectivity index (χ1v) is 9.33. The summed E-state index contributed by atoms with van der Waals surface area (Å²) in [6.07, 6.45) is 0. The lowest BCUT2D eigenvalue weighted by atomic mass is 9.61. The number of fused-ring (bicyclic) bond motifs is 2. The molecule has 0 unspecified atom stereocenters. The standard InChI is InChI=1S/C24H19NO3/c1-23(18-12-6-3-7-13-18)22(27)28-24(23)19-14-8-9-15-20(19)25(21(24)26)16-17-10-4-2-5-11-17/h2-15H,16H2,1H3/t23-,24-/m1/s1. The SMILES string of the molecule is C[C@@]1(c2ccccc2)C(=O)O[C@]12C(=O)N(Cc1ccccc1)c1ccccc12. The highest BCUT2D eigenvalue weighted by atomic mass is 16.6. The van der Waals surface area contributed by atoms with Crippen molar-refractivity contribution in [2.75, 3.05) is 4.90 Å². The fourth-order valence-corrected chi connectivity index (χ4v) is 4.46. The molecule has 2 heterocycles. The van der Waals surface area contributed by atoms with Gasteiger partial charge in [-0.25, -0.2) is 0 Å². The van der Waals surface area contributed by atoms with E-state index in [9.17, 15) is 9.59 Å². The Morgan fingerprint density at radius 1 is 0.821 bits per heavy atom. The van der Waals surface area contributed by atoms with Gasteiger partial charge >= 0.3 is 5.97 Å². The van der Waals surface area contributed by atoms with Crippen LogP contribution in [0.1, 0.15) is 23.6 Å². The predicted octanol–water partition coefficient (Wildman–Crippen LogP) is 3.94. The van der Waals surface area contributed by atoms with E-state index in [0.717, 1.165) is 22.4 Å². The second-order valence-corrected chi connectivity index (χ2v) is 7.46. The molecule has 0 saturated carbocycles. The van der Waals surface area contributed by atoms with Gasteiger partial charge in [-0.3, -0.25) is 9.59 Å². The van der Waals surface area contributed by atoms with E-state index in [1.807, 2.05) is 91.9 Å². The van der Waals surface area contributed by atoms with E-state index in [1.54, 1.807) is 4.90 Å². The maximum atomic E-state index is 13.8. The van der Waals surface area contributed by atoms with Crippen LogP contribution in [0, 0.1) is 0 Å². The largest absolute Gasteiger partial charge is 0.441 e. The molecule has 0 radical (unpaired) electrons. The molecule has 5 rings (SSSR count). The molecule has 0 aromatic heterocycles. The molecule has 28 heavy (non-hydrogen) atoms. The van der Waals surface area contributed by atoms with Crippen molar-refractivity contribution >= 4 is 17.6 Å². The van der Waals surface area contributed by atoms with Crippen molar-refractivity contribution in [3.05, 3.63) is 102 Å². The Hall–Kier alpha value is -3.40. The first-order valence-electron chi connectivity index (χ1n) is 9.33. The number of benzene rings is 3. The molecule has 1 saturated heterocycles. The predicted molar refractivity (Wildman–Crippen MR) is 106 cm³/mol. The minimum atomic E-state index is -1.32. The summed E-state index contributed by atoms with van der Waals surface area (Å²) < 4.78 is 5.73. The van der Waals surface area contributed by atoms with E-state index in [1.165, 1.54) is 0 Å². The smallest absolute Gasteiger partial charge is 0.322 e. The van der Waals surface area contributed by atoms with Crippen LogP contribution in [0.5, 0.6) is 0 Å². The van der Waals surface area contributed by atoms with Gasteiger partial charge < -0.3 is 9.64 Å². The van der Waals surface area contributed by atoms with Crippen LogP contribution < -0.4 is 4.90 Å². The van der Waals surface area contributed by atoms with E-state index >= 15 is 0 Å². The number of para-hydroxylation sites is 1. The third-order valence-electron chi connectivity index (χ3n) is 6.01. The molecule has 2 aliphatic rings. The van der Waals surface area contributed by atoms with Crippen molar-refractivity contribution in [1.29, 1.82) is 0 Å². The lowest BCUT2D eigenvalue weighted by molar-refractivity contribution is -0.220.